The summed E-state index contributed by atoms with van der Waals surface area (Å²) in [6.45, 7) is 6.40. The topological polar surface area (TPSA) is 59.0 Å². The molecule has 1 saturated heterocycles. The van der Waals surface area contributed by atoms with Crippen LogP contribution in [0.5, 0.6) is 0 Å². The highest BCUT2D eigenvalue weighted by atomic mass is 16.6. The van der Waals surface area contributed by atoms with E-state index < -0.39 is 18.0 Å². The lowest BCUT2D eigenvalue weighted by Gasteiger charge is -2.30. The van der Waals surface area contributed by atoms with Crippen molar-refractivity contribution in [1.82, 2.24) is 4.90 Å². The van der Waals surface area contributed by atoms with Crippen LogP contribution in [0.3, 0.4) is 0 Å². The van der Waals surface area contributed by atoms with Crippen molar-refractivity contribution in [2.75, 3.05) is 6.54 Å². The summed E-state index contributed by atoms with van der Waals surface area (Å²) in [5, 5.41) is 10.3. The summed E-state index contributed by atoms with van der Waals surface area (Å²) in [4.78, 5) is 13.8. The van der Waals surface area contributed by atoms with Crippen molar-refractivity contribution < 1.29 is 19.4 Å². The van der Waals surface area contributed by atoms with Crippen LogP contribution in [0.15, 0.2) is 30.3 Å². The third-order valence-corrected chi connectivity index (χ3v) is 3.52. The second-order valence-corrected chi connectivity index (χ2v) is 6.57. The van der Waals surface area contributed by atoms with Gasteiger partial charge in [0.2, 0.25) is 0 Å². The number of carbonyl (C=O) groups is 1. The number of aliphatic hydroxyl groups is 1. The molecule has 0 saturated carbocycles. The van der Waals surface area contributed by atoms with Gasteiger partial charge in [-0.05, 0) is 39.2 Å². The van der Waals surface area contributed by atoms with Crippen LogP contribution in [0.25, 0.3) is 0 Å². The average molecular weight is 307 g/mol. The minimum atomic E-state index is -1.00. The average Bonchev–Trinajstić information content (AvgIpc) is 2.93. The Kier molecular flexibility index (Phi) is 5.42. The van der Waals surface area contributed by atoms with Gasteiger partial charge in [0.1, 0.15) is 5.60 Å². The Bertz CT molecular complexity index is 483. The summed E-state index contributed by atoms with van der Waals surface area (Å²) in [6, 6.07) is 9.31. The third-order valence-electron chi connectivity index (χ3n) is 3.52. The molecule has 2 atom stereocenters. The third kappa shape index (κ3) is 4.71. The number of ether oxygens (including phenoxy) is 2. The first kappa shape index (κ1) is 16.8. The predicted octanol–water partition coefficient (Wildman–Crippen LogP) is 2.92. The van der Waals surface area contributed by atoms with Gasteiger partial charge in [-0.1, -0.05) is 30.3 Å². The smallest absolute Gasteiger partial charge is 0.410 e. The van der Waals surface area contributed by atoms with Crippen LogP contribution in [-0.2, 0) is 16.1 Å². The molecule has 22 heavy (non-hydrogen) atoms. The van der Waals surface area contributed by atoms with Gasteiger partial charge in [-0.2, -0.15) is 0 Å². The summed E-state index contributed by atoms with van der Waals surface area (Å²) in [5.41, 5.74) is 0.448. The van der Waals surface area contributed by atoms with Gasteiger partial charge < -0.3 is 19.5 Å². The molecule has 1 aromatic rings. The number of hydrogen-bond acceptors (Lipinski definition) is 4. The lowest BCUT2D eigenvalue weighted by molar-refractivity contribution is -0.143. The van der Waals surface area contributed by atoms with Crippen molar-refractivity contribution in [3.05, 3.63) is 35.9 Å². The fraction of sp³-hybridized carbons (Fsp3) is 0.588. The molecule has 1 aromatic carbocycles. The minimum absolute atomic E-state index is 0.320. The standard InChI is InChI=1S/C17H25NO4/c1-17(2,3)22-16(20)18-11-7-10-14(18)15(19)21-12-13-8-5-4-6-9-13/h4-6,8-9,14-15,19H,7,10-12H2,1-3H3/t14-,15?/m1/s1. The molecule has 1 N–H and O–H groups in total. The Morgan fingerprint density at radius 2 is 2.05 bits per heavy atom. The predicted molar refractivity (Wildman–Crippen MR) is 83.2 cm³/mol. The van der Waals surface area contributed by atoms with E-state index in [1.165, 1.54) is 0 Å². The zero-order valence-corrected chi connectivity index (χ0v) is 13.5. The Labute approximate surface area is 131 Å². The van der Waals surface area contributed by atoms with Crippen LogP contribution in [-0.4, -0.2) is 40.6 Å². The Hall–Kier alpha value is -1.59. The molecule has 1 fully saturated rings. The molecule has 1 aliphatic heterocycles. The molecular formula is C17H25NO4. The van der Waals surface area contributed by atoms with E-state index in [-0.39, 0.29) is 6.04 Å². The van der Waals surface area contributed by atoms with Crippen molar-refractivity contribution in [3.63, 3.8) is 0 Å². The summed E-state index contributed by atoms with van der Waals surface area (Å²) in [6.07, 6.45) is 0.165. The second kappa shape index (κ2) is 7.11. The van der Waals surface area contributed by atoms with Gasteiger partial charge in [-0.15, -0.1) is 0 Å². The Balaban J connectivity index is 1.90. The van der Waals surface area contributed by atoms with E-state index >= 15 is 0 Å². The zero-order chi connectivity index (χ0) is 16.2. The summed E-state index contributed by atoms with van der Waals surface area (Å²) >= 11 is 0. The normalized spacial score (nSPS) is 20.0. The van der Waals surface area contributed by atoms with E-state index in [1.807, 2.05) is 51.1 Å². The Morgan fingerprint density at radius 3 is 2.68 bits per heavy atom. The number of rotatable bonds is 4. The highest BCUT2D eigenvalue weighted by Gasteiger charge is 2.36. The van der Waals surface area contributed by atoms with E-state index in [9.17, 15) is 9.90 Å². The van der Waals surface area contributed by atoms with E-state index in [0.29, 0.717) is 13.2 Å². The summed E-state index contributed by atoms with van der Waals surface area (Å²) in [7, 11) is 0. The lowest BCUT2D eigenvalue weighted by atomic mass is 10.2. The van der Waals surface area contributed by atoms with Gasteiger partial charge in [0.15, 0.2) is 6.29 Å². The molecule has 1 unspecified atom stereocenters. The molecule has 0 aliphatic carbocycles. The molecule has 5 nitrogen and oxygen atoms in total. The lowest BCUT2D eigenvalue weighted by Crippen LogP contribution is -2.45. The van der Waals surface area contributed by atoms with E-state index in [0.717, 1.165) is 18.4 Å². The van der Waals surface area contributed by atoms with Crippen molar-refractivity contribution in [1.29, 1.82) is 0 Å². The van der Waals surface area contributed by atoms with Gasteiger partial charge in [0.05, 0.1) is 12.6 Å². The van der Waals surface area contributed by atoms with Gasteiger partial charge in [0.25, 0.3) is 0 Å². The zero-order valence-electron chi connectivity index (χ0n) is 13.5. The van der Waals surface area contributed by atoms with Crippen LogP contribution in [0.2, 0.25) is 0 Å². The molecule has 0 radical (unpaired) electrons. The molecule has 1 aliphatic rings. The van der Waals surface area contributed by atoms with E-state index in [4.69, 9.17) is 9.47 Å². The molecule has 1 heterocycles. The number of likely N-dealkylation sites (tertiary alicyclic amines) is 1. The van der Waals surface area contributed by atoms with Crippen molar-refractivity contribution >= 4 is 6.09 Å². The number of amides is 1. The quantitative estimate of drug-likeness (QED) is 0.869. The molecule has 0 spiro atoms. The molecule has 2 rings (SSSR count). The highest BCUT2D eigenvalue weighted by molar-refractivity contribution is 5.69. The number of aliphatic hydroxyl groups excluding tert-OH is 1. The van der Waals surface area contributed by atoms with Crippen molar-refractivity contribution in [3.8, 4) is 0 Å². The van der Waals surface area contributed by atoms with Crippen LogP contribution in [0.1, 0.15) is 39.2 Å². The van der Waals surface area contributed by atoms with E-state index in [1.54, 1.807) is 4.90 Å². The molecule has 122 valence electrons. The molecule has 0 bridgehead atoms. The Morgan fingerprint density at radius 1 is 1.36 bits per heavy atom. The van der Waals surface area contributed by atoms with Gasteiger partial charge in [0, 0.05) is 6.54 Å². The van der Waals surface area contributed by atoms with Crippen LogP contribution < -0.4 is 0 Å². The monoisotopic (exact) mass is 307 g/mol. The maximum Gasteiger partial charge on any atom is 0.410 e. The van der Waals surface area contributed by atoms with Gasteiger partial charge >= 0.3 is 6.09 Å². The van der Waals surface area contributed by atoms with Crippen LogP contribution >= 0.6 is 0 Å². The molecule has 1 amide bonds. The SMILES string of the molecule is CC(C)(C)OC(=O)N1CCC[C@@H]1C(O)OCc1ccccc1. The van der Waals surface area contributed by atoms with Gasteiger partial charge in [-0.25, -0.2) is 4.79 Å². The maximum atomic E-state index is 12.2. The maximum absolute atomic E-state index is 12.2. The van der Waals surface area contributed by atoms with Crippen LogP contribution in [0.4, 0.5) is 4.79 Å². The molecular weight excluding hydrogens is 282 g/mol. The highest BCUT2D eigenvalue weighted by Crippen LogP contribution is 2.24. The number of benzene rings is 1. The number of nitrogens with zero attached hydrogens (tertiary/aromatic N) is 1. The fourth-order valence-corrected chi connectivity index (χ4v) is 2.50. The second-order valence-electron chi connectivity index (χ2n) is 6.57. The van der Waals surface area contributed by atoms with E-state index in [2.05, 4.69) is 0 Å². The number of hydrogen-bond donors (Lipinski definition) is 1. The summed E-state index contributed by atoms with van der Waals surface area (Å²) in [5.74, 6) is 0. The van der Waals surface area contributed by atoms with Crippen molar-refractivity contribution in [2.45, 2.75) is 58.2 Å². The first-order valence-corrected chi connectivity index (χ1v) is 7.70. The van der Waals surface area contributed by atoms with Crippen molar-refractivity contribution in [2.24, 2.45) is 0 Å². The molecule has 5 heteroatoms. The van der Waals surface area contributed by atoms with Crippen LogP contribution in [0, 0.1) is 0 Å². The first-order valence-electron chi connectivity index (χ1n) is 7.70. The number of carbonyl (C=O) groups excluding carboxylic acids is 1. The summed E-state index contributed by atoms with van der Waals surface area (Å²) < 4.78 is 10.9. The first-order chi connectivity index (χ1) is 10.4. The largest absolute Gasteiger partial charge is 0.444 e. The van der Waals surface area contributed by atoms with Gasteiger partial charge in [-0.3, -0.25) is 0 Å². The molecule has 0 aromatic heterocycles. The minimum Gasteiger partial charge on any atom is -0.444 e. The fourth-order valence-electron chi connectivity index (χ4n) is 2.50.